The molecule has 0 bridgehead atoms. The number of thioether (sulfide) groups is 1. The van der Waals surface area contributed by atoms with Crippen LogP contribution in [0.5, 0.6) is 0 Å². The number of rotatable bonds is 2. The Morgan fingerprint density at radius 3 is 2.89 bits per heavy atom. The number of halogens is 1. The van der Waals surface area contributed by atoms with E-state index in [0.29, 0.717) is 5.15 Å². The highest BCUT2D eigenvalue weighted by molar-refractivity contribution is 7.99. The van der Waals surface area contributed by atoms with Gasteiger partial charge in [-0.25, -0.2) is 0 Å². The lowest BCUT2D eigenvalue weighted by Crippen LogP contribution is -1.70. The average Bonchev–Trinajstić information content (AvgIpc) is 2.18. The van der Waals surface area contributed by atoms with Crippen molar-refractivity contribution in [1.29, 1.82) is 0 Å². The summed E-state index contributed by atoms with van der Waals surface area (Å²) in [6.07, 6.45) is 0. The second-order valence-corrected chi connectivity index (χ2v) is 3.43. The van der Waals surface area contributed by atoms with Gasteiger partial charge < -0.3 is 0 Å². The fraction of sp³-hybridized carbons (Fsp3) is 0.500. The van der Waals surface area contributed by atoms with Crippen LogP contribution in [0.1, 0.15) is 6.92 Å². The molecule has 5 heteroatoms. The van der Waals surface area contributed by atoms with Crippen LogP contribution in [0.15, 0.2) is 5.03 Å². The zero-order valence-corrected chi connectivity index (χ0v) is 7.18. The van der Waals surface area contributed by atoms with Crippen LogP contribution in [0.25, 0.3) is 0 Å². The van der Waals surface area contributed by atoms with E-state index in [1.54, 1.807) is 11.8 Å². The minimum Gasteiger partial charge on any atom is -0.165 e. The number of aromatic nitrogens is 2. The molecule has 2 nitrogen and oxygen atoms in total. The number of hydrogen-bond donors (Lipinski definition) is 0. The van der Waals surface area contributed by atoms with Crippen molar-refractivity contribution in [3.63, 3.8) is 0 Å². The second-order valence-electron chi connectivity index (χ2n) is 1.29. The van der Waals surface area contributed by atoms with E-state index in [1.807, 2.05) is 0 Å². The van der Waals surface area contributed by atoms with Crippen molar-refractivity contribution in [3.05, 3.63) is 5.15 Å². The zero-order chi connectivity index (χ0) is 6.69. The topological polar surface area (TPSA) is 25.8 Å². The van der Waals surface area contributed by atoms with Gasteiger partial charge in [-0.1, -0.05) is 18.5 Å². The van der Waals surface area contributed by atoms with Crippen molar-refractivity contribution >= 4 is 35.1 Å². The molecular weight excluding hydrogens is 176 g/mol. The van der Waals surface area contributed by atoms with Gasteiger partial charge in [0.25, 0.3) is 0 Å². The van der Waals surface area contributed by atoms with Crippen molar-refractivity contribution in [3.8, 4) is 0 Å². The van der Waals surface area contributed by atoms with Crippen molar-refractivity contribution in [2.45, 2.75) is 11.9 Å². The summed E-state index contributed by atoms with van der Waals surface area (Å²) in [6, 6.07) is 0. The van der Waals surface area contributed by atoms with E-state index in [2.05, 4.69) is 15.7 Å². The van der Waals surface area contributed by atoms with E-state index in [4.69, 9.17) is 11.6 Å². The predicted molar refractivity (Wildman–Crippen MR) is 41.3 cm³/mol. The summed E-state index contributed by atoms with van der Waals surface area (Å²) in [5, 5.41) is 1.39. The van der Waals surface area contributed by atoms with E-state index in [-0.39, 0.29) is 0 Å². The van der Waals surface area contributed by atoms with Gasteiger partial charge in [-0.15, -0.1) is 11.8 Å². The minimum atomic E-state index is 0.534. The lowest BCUT2D eigenvalue weighted by molar-refractivity contribution is 1.26. The Kier molecular flexibility index (Phi) is 2.75. The molecule has 1 aromatic heterocycles. The van der Waals surface area contributed by atoms with Gasteiger partial charge in [-0.05, 0) is 5.75 Å². The van der Waals surface area contributed by atoms with Gasteiger partial charge in [-0.2, -0.15) is 8.75 Å². The van der Waals surface area contributed by atoms with Crippen LogP contribution in [-0.2, 0) is 0 Å². The molecule has 0 unspecified atom stereocenters. The maximum atomic E-state index is 5.63. The van der Waals surface area contributed by atoms with Gasteiger partial charge >= 0.3 is 0 Å². The molecule has 0 radical (unpaired) electrons. The fourth-order valence-electron chi connectivity index (χ4n) is 0.393. The van der Waals surface area contributed by atoms with Crippen LogP contribution in [0.4, 0.5) is 0 Å². The van der Waals surface area contributed by atoms with Gasteiger partial charge in [0.1, 0.15) is 5.03 Å². The molecule has 0 atom stereocenters. The Morgan fingerprint density at radius 1 is 1.67 bits per heavy atom. The molecule has 0 aliphatic carbocycles. The standard InChI is InChI=1S/C4H5ClN2S2/c1-2-8-4-3(5)6-9-7-4/h2H2,1H3. The first-order valence-corrected chi connectivity index (χ1v) is 4.55. The molecule has 0 spiro atoms. The highest BCUT2D eigenvalue weighted by Crippen LogP contribution is 2.23. The van der Waals surface area contributed by atoms with Crippen molar-refractivity contribution in [1.82, 2.24) is 8.75 Å². The van der Waals surface area contributed by atoms with E-state index in [1.165, 1.54) is 0 Å². The molecule has 0 fully saturated rings. The lowest BCUT2D eigenvalue weighted by Gasteiger charge is -1.86. The predicted octanol–water partition coefficient (Wildman–Crippen LogP) is 2.30. The first-order valence-electron chi connectivity index (χ1n) is 2.45. The van der Waals surface area contributed by atoms with Crippen LogP contribution in [-0.4, -0.2) is 14.5 Å². The molecule has 1 heterocycles. The lowest BCUT2D eigenvalue weighted by atomic mass is 10.9. The van der Waals surface area contributed by atoms with E-state index >= 15 is 0 Å². The molecule has 0 saturated carbocycles. The first-order chi connectivity index (χ1) is 4.34. The molecule has 0 amide bonds. The van der Waals surface area contributed by atoms with E-state index in [0.717, 1.165) is 22.5 Å². The quantitative estimate of drug-likeness (QED) is 0.654. The maximum Gasteiger partial charge on any atom is 0.176 e. The molecule has 0 aliphatic heterocycles. The Labute approximate surface area is 66.9 Å². The largest absolute Gasteiger partial charge is 0.176 e. The summed E-state index contributed by atoms with van der Waals surface area (Å²) in [7, 11) is 0. The normalized spacial score (nSPS) is 10.0. The molecule has 0 N–H and O–H groups in total. The Morgan fingerprint density at radius 2 is 2.44 bits per heavy atom. The molecular formula is C4H5ClN2S2. The van der Waals surface area contributed by atoms with Gasteiger partial charge in [0.2, 0.25) is 0 Å². The van der Waals surface area contributed by atoms with Crippen molar-refractivity contribution in [2.75, 3.05) is 5.75 Å². The third kappa shape index (κ3) is 1.81. The van der Waals surface area contributed by atoms with E-state index in [9.17, 15) is 0 Å². The average molecular weight is 181 g/mol. The summed E-state index contributed by atoms with van der Waals surface area (Å²) in [4.78, 5) is 0. The smallest absolute Gasteiger partial charge is 0.165 e. The number of nitrogens with zero attached hydrogens (tertiary/aromatic N) is 2. The molecule has 0 saturated heterocycles. The Bertz CT molecular complexity index is 188. The SMILES string of the molecule is CCSc1nsnc1Cl. The highest BCUT2D eigenvalue weighted by atomic mass is 35.5. The molecule has 1 aromatic rings. The van der Waals surface area contributed by atoms with Gasteiger partial charge in [0.15, 0.2) is 5.15 Å². The van der Waals surface area contributed by atoms with Crippen LogP contribution in [0, 0.1) is 0 Å². The summed E-state index contributed by atoms with van der Waals surface area (Å²) < 4.78 is 7.78. The molecule has 0 aromatic carbocycles. The van der Waals surface area contributed by atoms with Gasteiger partial charge in [-0.3, -0.25) is 0 Å². The summed E-state index contributed by atoms with van der Waals surface area (Å²) >= 11 is 8.40. The third-order valence-corrected chi connectivity index (χ3v) is 2.67. The molecule has 0 aliphatic rings. The van der Waals surface area contributed by atoms with Gasteiger partial charge in [0.05, 0.1) is 11.7 Å². The first kappa shape index (κ1) is 7.31. The monoisotopic (exact) mass is 180 g/mol. The molecule has 1 rings (SSSR count). The third-order valence-electron chi connectivity index (χ3n) is 0.702. The van der Waals surface area contributed by atoms with Gasteiger partial charge in [0, 0.05) is 0 Å². The molecule has 50 valence electrons. The van der Waals surface area contributed by atoms with Crippen LogP contribution < -0.4 is 0 Å². The van der Waals surface area contributed by atoms with Crippen LogP contribution in [0.2, 0.25) is 5.15 Å². The molecule has 9 heavy (non-hydrogen) atoms. The summed E-state index contributed by atoms with van der Waals surface area (Å²) in [6.45, 7) is 2.06. The Hall–Kier alpha value is 0.200. The zero-order valence-electron chi connectivity index (χ0n) is 4.80. The highest BCUT2D eigenvalue weighted by Gasteiger charge is 2.02. The van der Waals surface area contributed by atoms with E-state index < -0.39 is 0 Å². The summed E-state index contributed by atoms with van der Waals surface area (Å²) in [5.74, 6) is 0.991. The van der Waals surface area contributed by atoms with Crippen molar-refractivity contribution < 1.29 is 0 Å². The van der Waals surface area contributed by atoms with Crippen LogP contribution in [0.3, 0.4) is 0 Å². The van der Waals surface area contributed by atoms with Crippen LogP contribution >= 0.6 is 35.1 Å². The fourth-order valence-corrected chi connectivity index (χ4v) is 1.91. The second kappa shape index (κ2) is 3.39. The maximum absolute atomic E-state index is 5.63. The summed E-state index contributed by atoms with van der Waals surface area (Å²) in [5.41, 5.74) is 0. The Balaban J connectivity index is 2.69. The van der Waals surface area contributed by atoms with Crippen molar-refractivity contribution in [2.24, 2.45) is 0 Å². The minimum absolute atomic E-state index is 0.534. The number of hydrogen-bond acceptors (Lipinski definition) is 4.